The lowest BCUT2D eigenvalue weighted by Crippen LogP contribution is -2.29. The van der Waals surface area contributed by atoms with Gasteiger partial charge in [0, 0.05) is 12.5 Å². The Hall–Kier alpha value is -5.16. The number of aryl methyl sites for hydroxylation is 2. The summed E-state index contributed by atoms with van der Waals surface area (Å²) in [4.78, 5) is 45.6. The molecule has 0 saturated carbocycles. The van der Waals surface area contributed by atoms with Gasteiger partial charge in [0.15, 0.2) is 22.4 Å². The number of benzene rings is 3. The summed E-state index contributed by atoms with van der Waals surface area (Å²) in [6, 6.07) is 16.6. The largest absolute Gasteiger partial charge is 0.507 e. The van der Waals surface area contributed by atoms with Crippen molar-refractivity contribution in [1.29, 1.82) is 0 Å². The van der Waals surface area contributed by atoms with Crippen LogP contribution in [-0.2, 0) is 16.2 Å². The minimum Gasteiger partial charge on any atom is -0.507 e. The van der Waals surface area contributed by atoms with Crippen molar-refractivity contribution in [2.24, 2.45) is 0 Å². The number of aliphatic hydroxyl groups is 1. The summed E-state index contributed by atoms with van der Waals surface area (Å²) >= 11 is 0.997. The Balaban J connectivity index is 1.62. The second kappa shape index (κ2) is 12.8. The smallest absolute Gasteiger partial charge is 0.301 e. The van der Waals surface area contributed by atoms with E-state index in [9.17, 15) is 19.5 Å². The topological polar surface area (TPSA) is 124 Å². The number of ether oxygens (including phenoxy) is 4. The van der Waals surface area contributed by atoms with Gasteiger partial charge in [-0.25, -0.2) is 4.98 Å². The van der Waals surface area contributed by atoms with E-state index < -0.39 is 17.7 Å². The molecule has 1 atom stereocenters. The lowest BCUT2D eigenvalue weighted by Gasteiger charge is -2.24. The lowest BCUT2D eigenvalue weighted by molar-refractivity contribution is -0.132. The van der Waals surface area contributed by atoms with Gasteiger partial charge >= 0.3 is 5.91 Å². The van der Waals surface area contributed by atoms with Gasteiger partial charge in [-0.05, 0) is 66.9 Å². The number of Topliss-reactive ketones (excluding diaryl/α,β-unsaturated/α-hetero) is 2. The van der Waals surface area contributed by atoms with Crippen LogP contribution in [-0.4, -0.2) is 48.9 Å². The second-order valence-electron chi connectivity index (χ2n) is 10.3. The maximum atomic E-state index is 13.7. The Morgan fingerprint density at radius 1 is 0.956 bits per heavy atom. The number of ketones is 2. The Kier molecular flexibility index (Phi) is 8.92. The molecule has 232 valence electrons. The number of anilines is 1. The number of rotatable bonds is 10. The highest BCUT2D eigenvalue weighted by Gasteiger charge is 2.49. The average molecular weight is 629 g/mol. The standard InChI is InChI=1S/C34H32N2O8S/c1-18-9-7-8-10-22(18)17-44-24-13-11-21(12-14-24)29(38)27-28(23-15-25(41-4)31(43-6)26(16-23)42-5)36(33(40)30(27)39)34-35-19(2)32(45-34)20(3)37/h7-16,28,38H,17H2,1-6H3/b29-27+. The molecule has 0 spiro atoms. The van der Waals surface area contributed by atoms with Gasteiger partial charge in [0.1, 0.15) is 18.1 Å². The zero-order valence-electron chi connectivity index (χ0n) is 25.7. The quantitative estimate of drug-likeness (QED) is 0.0947. The number of carbonyl (C=O) groups excluding carboxylic acids is 3. The maximum Gasteiger partial charge on any atom is 0.301 e. The summed E-state index contributed by atoms with van der Waals surface area (Å²) in [5, 5.41) is 11.8. The predicted octanol–water partition coefficient (Wildman–Crippen LogP) is 6.19. The van der Waals surface area contributed by atoms with E-state index in [4.69, 9.17) is 18.9 Å². The molecule has 0 aliphatic carbocycles. The van der Waals surface area contributed by atoms with Crippen molar-refractivity contribution in [3.63, 3.8) is 0 Å². The van der Waals surface area contributed by atoms with E-state index in [0.29, 0.717) is 39.8 Å². The number of aliphatic hydroxyl groups excluding tert-OH is 1. The van der Waals surface area contributed by atoms with E-state index >= 15 is 0 Å². The Morgan fingerprint density at radius 2 is 1.60 bits per heavy atom. The van der Waals surface area contributed by atoms with Crippen molar-refractivity contribution in [2.45, 2.75) is 33.4 Å². The fourth-order valence-corrected chi connectivity index (χ4v) is 6.20. The SMILES string of the molecule is COc1cc(C2/C(=C(\O)c3ccc(OCc4ccccc4C)cc3)C(=O)C(=O)N2c2nc(C)c(C(C)=O)s2)cc(OC)c1OC. The number of methoxy groups -OCH3 is 3. The first-order chi connectivity index (χ1) is 21.6. The van der Waals surface area contributed by atoms with Crippen LogP contribution < -0.4 is 23.8 Å². The van der Waals surface area contributed by atoms with Crippen molar-refractivity contribution >= 4 is 39.7 Å². The van der Waals surface area contributed by atoms with Gasteiger partial charge in [0.05, 0.1) is 43.5 Å². The van der Waals surface area contributed by atoms with Crippen LogP contribution in [0.1, 0.15) is 50.6 Å². The van der Waals surface area contributed by atoms with Crippen LogP contribution in [0.4, 0.5) is 5.13 Å². The van der Waals surface area contributed by atoms with E-state index in [2.05, 4.69) is 4.98 Å². The summed E-state index contributed by atoms with van der Waals surface area (Å²) in [6.07, 6.45) is 0. The Bertz CT molecular complexity index is 1800. The minimum atomic E-state index is -1.14. The maximum absolute atomic E-state index is 13.7. The summed E-state index contributed by atoms with van der Waals surface area (Å²) in [6.45, 7) is 5.43. The highest BCUT2D eigenvalue weighted by atomic mass is 32.1. The summed E-state index contributed by atoms with van der Waals surface area (Å²) in [7, 11) is 4.36. The zero-order valence-corrected chi connectivity index (χ0v) is 26.5. The van der Waals surface area contributed by atoms with Gasteiger partial charge in [-0.1, -0.05) is 35.6 Å². The number of amides is 1. The third-order valence-corrected chi connectivity index (χ3v) is 8.80. The molecule has 10 nitrogen and oxygen atoms in total. The van der Waals surface area contributed by atoms with E-state index in [-0.39, 0.29) is 33.7 Å². The molecule has 45 heavy (non-hydrogen) atoms. The summed E-state index contributed by atoms with van der Waals surface area (Å²) < 4.78 is 22.5. The first kappa shape index (κ1) is 31.3. The van der Waals surface area contributed by atoms with Crippen LogP contribution in [0.3, 0.4) is 0 Å². The number of aromatic nitrogens is 1. The van der Waals surface area contributed by atoms with Crippen LogP contribution >= 0.6 is 11.3 Å². The van der Waals surface area contributed by atoms with Crippen LogP contribution in [0.5, 0.6) is 23.0 Å². The normalized spacial score (nSPS) is 15.7. The first-order valence-corrected chi connectivity index (χ1v) is 14.8. The van der Waals surface area contributed by atoms with Crippen molar-refractivity contribution in [1.82, 2.24) is 4.98 Å². The number of thiazole rings is 1. The molecular weight excluding hydrogens is 596 g/mol. The van der Waals surface area contributed by atoms with Crippen LogP contribution in [0, 0.1) is 13.8 Å². The van der Waals surface area contributed by atoms with E-state index in [1.807, 2.05) is 31.2 Å². The summed E-state index contributed by atoms with van der Waals surface area (Å²) in [5.41, 5.74) is 3.10. The number of hydrogen-bond donors (Lipinski definition) is 1. The van der Waals surface area contributed by atoms with Crippen molar-refractivity contribution in [2.75, 3.05) is 26.2 Å². The second-order valence-corrected chi connectivity index (χ2v) is 11.3. The average Bonchev–Trinajstić information content (AvgIpc) is 3.55. The number of hydrogen-bond acceptors (Lipinski definition) is 10. The fraction of sp³-hybridized carbons (Fsp3) is 0.235. The van der Waals surface area contributed by atoms with Gasteiger partial charge in [-0.2, -0.15) is 0 Å². The molecule has 1 N–H and O–H groups in total. The molecule has 1 aliphatic heterocycles. The molecule has 11 heteroatoms. The van der Waals surface area contributed by atoms with Gasteiger partial charge in [0.2, 0.25) is 5.75 Å². The fourth-order valence-electron chi connectivity index (χ4n) is 5.21. The van der Waals surface area contributed by atoms with Crippen molar-refractivity contribution in [3.8, 4) is 23.0 Å². The molecule has 2 heterocycles. The molecule has 1 unspecified atom stereocenters. The van der Waals surface area contributed by atoms with Gasteiger partial charge in [-0.15, -0.1) is 0 Å². The molecule has 1 saturated heterocycles. The number of carbonyl (C=O) groups is 3. The molecule has 0 radical (unpaired) electrons. The van der Waals surface area contributed by atoms with Crippen LogP contribution in [0.15, 0.2) is 66.2 Å². The third kappa shape index (κ3) is 5.86. The van der Waals surface area contributed by atoms with Gasteiger partial charge < -0.3 is 24.1 Å². The number of nitrogens with zero attached hydrogens (tertiary/aromatic N) is 2. The van der Waals surface area contributed by atoms with E-state index in [0.717, 1.165) is 22.5 Å². The molecular formula is C34H32N2O8S. The lowest BCUT2D eigenvalue weighted by atomic mass is 9.94. The van der Waals surface area contributed by atoms with Crippen LogP contribution in [0.2, 0.25) is 0 Å². The van der Waals surface area contributed by atoms with Crippen molar-refractivity contribution in [3.05, 3.63) is 99.1 Å². The molecule has 3 aromatic carbocycles. The van der Waals surface area contributed by atoms with E-state index in [1.54, 1.807) is 43.3 Å². The predicted molar refractivity (Wildman–Crippen MR) is 170 cm³/mol. The molecule has 0 bridgehead atoms. The molecule has 1 fully saturated rings. The highest BCUT2D eigenvalue weighted by molar-refractivity contribution is 7.18. The zero-order chi connectivity index (χ0) is 32.4. The Labute approximate surface area is 264 Å². The minimum absolute atomic E-state index is 0.137. The molecule has 4 aromatic rings. The van der Waals surface area contributed by atoms with Crippen molar-refractivity contribution < 1.29 is 38.4 Å². The van der Waals surface area contributed by atoms with E-state index in [1.165, 1.54) is 33.2 Å². The third-order valence-electron chi connectivity index (χ3n) is 7.54. The molecule has 5 rings (SSSR count). The Morgan fingerprint density at radius 3 is 2.16 bits per heavy atom. The molecule has 1 aromatic heterocycles. The monoisotopic (exact) mass is 628 g/mol. The summed E-state index contributed by atoms with van der Waals surface area (Å²) in [5.74, 6) is -0.986. The first-order valence-electron chi connectivity index (χ1n) is 14.0. The molecule has 1 aliphatic rings. The highest BCUT2D eigenvalue weighted by Crippen LogP contribution is 2.48. The van der Waals surface area contributed by atoms with Crippen LogP contribution in [0.25, 0.3) is 5.76 Å². The van der Waals surface area contributed by atoms with Gasteiger partial charge in [-0.3, -0.25) is 19.3 Å². The van der Waals surface area contributed by atoms with Gasteiger partial charge in [0.25, 0.3) is 5.78 Å². The molecule has 1 amide bonds.